The van der Waals surface area contributed by atoms with Crippen LogP contribution in [-0.4, -0.2) is 22.5 Å². The standard InChI is InChI=1S/C26H27N3O3/c1-32-21-13-11-18(12-14-21)17-27-24(30)23-26(31)29(20-8-3-2-4-9-20)25-22-10-6-5-7-19(22)15-16-28(23)25/h5-7,10-16,20H,2-4,8-9,17H2,1H3,(H-,27,30,31)/p+1. The van der Waals surface area contributed by atoms with E-state index < -0.39 is 0 Å². The van der Waals surface area contributed by atoms with E-state index in [0.717, 1.165) is 53.4 Å². The molecule has 2 aromatic heterocycles. The number of methoxy groups -OCH3 is 1. The van der Waals surface area contributed by atoms with Crippen LogP contribution in [0.1, 0.15) is 54.2 Å². The summed E-state index contributed by atoms with van der Waals surface area (Å²) in [5, 5.41) is 16.4. The first kappa shape index (κ1) is 20.4. The lowest BCUT2D eigenvalue weighted by atomic mass is 9.95. The van der Waals surface area contributed by atoms with E-state index in [9.17, 15) is 9.90 Å². The van der Waals surface area contributed by atoms with Gasteiger partial charge < -0.3 is 15.2 Å². The summed E-state index contributed by atoms with van der Waals surface area (Å²) in [6.45, 7) is 0.368. The molecule has 4 aromatic rings. The van der Waals surface area contributed by atoms with Gasteiger partial charge in [0.25, 0.3) is 17.2 Å². The number of benzene rings is 2. The van der Waals surface area contributed by atoms with Crippen molar-refractivity contribution in [2.45, 2.75) is 44.7 Å². The summed E-state index contributed by atoms with van der Waals surface area (Å²) in [5.74, 6) is 0.523. The zero-order valence-corrected chi connectivity index (χ0v) is 18.3. The lowest BCUT2D eigenvalue weighted by Gasteiger charge is -2.19. The molecule has 0 saturated heterocycles. The van der Waals surface area contributed by atoms with Crippen LogP contribution >= 0.6 is 0 Å². The topological polar surface area (TPSA) is 66.9 Å². The summed E-state index contributed by atoms with van der Waals surface area (Å²) >= 11 is 0. The van der Waals surface area contributed by atoms with Crippen molar-refractivity contribution in [2.75, 3.05) is 7.11 Å². The van der Waals surface area contributed by atoms with E-state index in [2.05, 4.69) is 17.4 Å². The first-order chi connectivity index (χ1) is 15.7. The highest BCUT2D eigenvalue weighted by molar-refractivity contribution is 5.98. The SMILES string of the molecule is COc1ccc(CNC(=O)c2c(O)[n+](C3CCCCC3)c3c4ccccc4ccn23)cc1. The number of ether oxygens (including phenoxy) is 1. The van der Waals surface area contributed by atoms with Gasteiger partial charge >= 0.3 is 5.88 Å². The summed E-state index contributed by atoms with van der Waals surface area (Å²) in [6, 6.07) is 17.9. The molecular weight excluding hydrogens is 402 g/mol. The largest absolute Gasteiger partial charge is 0.497 e. The van der Waals surface area contributed by atoms with Crippen LogP contribution < -0.4 is 14.6 Å². The van der Waals surface area contributed by atoms with Gasteiger partial charge in [-0.2, -0.15) is 8.97 Å². The molecule has 1 amide bonds. The van der Waals surface area contributed by atoms with Gasteiger partial charge in [0, 0.05) is 6.54 Å². The van der Waals surface area contributed by atoms with Gasteiger partial charge in [-0.15, -0.1) is 0 Å². The fourth-order valence-electron chi connectivity index (χ4n) is 4.86. The van der Waals surface area contributed by atoms with Crippen LogP contribution in [0.3, 0.4) is 0 Å². The van der Waals surface area contributed by atoms with Crippen molar-refractivity contribution in [1.29, 1.82) is 0 Å². The van der Waals surface area contributed by atoms with Crippen molar-refractivity contribution in [3.05, 3.63) is 72.1 Å². The highest BCUT2D eigenvalue weighted by atomic mass is 16.5. The van der Waals surface area contributed by atoms with Crippen LogP contribution in [0, 0.1) is 0 Å². The van der Waals surface area contributed by atoms with Gasteiger partial charge in [0.05, 0.1) is 18.7 Å². The molecule has 1 fully saturated rings. The van der Waals surface area contributed by atoms with Crippen LogP contribution in [0.4, 0.5) is 0 Å². The number of nitrogens with one attached hydrogen (secondary N) is 1. The second-order valence-electron chi connectivity index (χ2n) is 8.46. The minimum absolute atomic E-state index is 0.0421. The molecule has 1 saturated carbocycles. The van der Waals surface area contributed by atoms with Crippen LogP contribution in [-0.2, 0) is 6.54 Å². The van der Waals surface area contributed by atoms with Gasteiger partial charge in [-0.05, 0) is 60.9 Å². The normalized spacial score (nSPS) is 14.7. The smallest absolute Gasteiger partial charge is 0.337 e. The number of aromatic nitrogens is 2. The Bertz CT molecular complexity index is 1270. The van der Waals surface area contributed by atoms with Crippen molar-refractivity contribution in [3.8, 4) is 11.6 Å². The van der Waals surface area contributed by atoms with E-state index in [1.165, 1.54) is 6.42 Å². The number of aromatic hydroxyl groups is 1. The maximum absolute atomic E-state index is 13.3. The summed E-state index contributed by atoms with van der Waals surface area (Å²) in [5.41, 5.74) is 2.12. The van der Waals surface area contributed by atoms with Crippen molar-refractivity contribution >= 4 is 22.3 Å². The minimum Gasteiger partial charge on any atom is -0.497 e. The van der Waals surface area contributed by atoms with E-state index >= 15 is 0 Å². The monoisotopic (exact) mass is 430 g/mol. The van der Waals surface area contributed by atoms with Crippen molar-refractivity contribution < 1.29 is 19.2 Å². The molecule has 0 aliphatic heterocycles. The van der Waals surface area contributed by atoms with Crippen molar-refractivity contribution in [1.82, 2.24) is 9.72 Å². The van der Waals surface area contributed by atoms with E-state index in [1.54, 1.807) is 7.11 Å². The molecule has 0 bridgehead atoms. The van der Waals surface area contributed by atoms with E-state index in [4.69, 9.17) is 4.74 Å². The minimum atomic E-state index is -0.293. The predicted octanol–water partition coefficient (Wildman–Crippen LogP) is 4.53. The fraction of sp³-hybridized carbons (Fsp3) is 0.308. The number of hydrogen-bond acceptors (Lipinski definition) is 3. The number of amides is 1. The Morgan fingerprint density at radius 1 is 1.09 bits per heavy atom. The molecule has 0 radical (unpaired) electrons. The van der Waals surface area contributed by atoms with Crippen molar-refractivity contribution in [3.63, 3.8) is 0 Å². The molecular formula is C26H28N3O3+. The van der Waals surface area contributed by atoms with Crippen LogP contribution in [0.15, 0.2) is 60.8 Å². The summed E-state index contributed by atoms with van der Waals surface area (Å²) in [7, 11) is 1.63. The highest BCUT2D eigenvalue weighted by Crippen LogP contribution is 2.31. The third-order valence-electron chi connectivity index (χ3n) is 6.51. The molecule has 2 aromatic carbocycles. The zero-order chi connectivity index (χ0) is 22.1. The van der Waals surface area contributed by atoms with Gasteiger partial charge in [0.2, 0.25) is 0 Å². The summed E-state index contributed by atoms with van der Waals surface area (Å²) in [6.07, 6.45) is 7.40. The third kappa shape index (κ3) is 3.55. The van der Waals surface area contributed by atoms with Gasteiger partial charge in [-0.25, -0.2) is 0 Å². The summed E-state index contributed by atoms with van der Waals surface area (Å²) < 4.78 is 9.03. The molecule has 6 nitrogen and oxygen atoms in total. The average molecular weight is 431 g/mol. The van der Waals surface area contributed by atoms with Gasteiger partial charge in [-0.3, -0.25) is 4.79 Å². The number of fused-ring (bicyclic) bond motifs is 3. The third-order valence-corrected chi connectivity index (χ3v) is 6.51. The fourth-order valence-corrected chi connectivity index (χ4v) is 4.86. The van der Waals surface area contributed by atoms with Gasteiger partial charge in [0.15, 0.2) is 0 Å². The molecule has 2 heterocycles. The second-order valence-corrected chi connectivity index (χ2v) is 8.46. The quantitative estimate of drug-likeness (QED) is 0.457. The zero-order valence-electron chi connectivity index (χ0n) is 18.3. The Morgan fingerprint density at radius 3 is 2.59 bits per heavy atom. The number of hydrogen-bond donors (Lipinski definition) is 2. The lowest BCUT2D eigenvalue weighted by molar-refractivity contribution is -0.705. The second kappa shape index (κ2) is 8.54. The van der Waals surface area contributed by atoms with Gasteiger partial charge in [-0.1, -0.05) is 36.8 Å². The molecule has 164 valence electrons. The molecule has 32 heavy (non-hydrogen) atoms. The van der Waals surface area contributed by atoms with Crippen molar-refractivity contribution in [2.24, 2.45) is 0 Å². The first-order valence-corrected chi connectivity index (χ1v) is 11.2. The Balaban J connectivity index is 1.56. The molecule has 0 atom stereocenters. The maximum atomic E-state index is 13.3. The van der Waals surface area contributed by atoms with Crippen LogP contribution in [0.5, 0.6) is 11.6 Å². The molecule has 0 spiro atoms. The van der Waals surface area contributed by atoms with E-state index in [-0.39, 0.29) is 23.5 Å². The summed E-state index contributed by atoms with van der Waals surface area (Å²) in [4.78, 5) is 13.3. The molecule has 0 unspecified atom stereocenters. The molecule has 1 aliphatic carbocycles. The van der Waals surface area contributed by atoms with E-state index in [1.807, 2.05) is 57.6 Å². The number of pyridine rings is 1. The predicted molar refractivity (Wildman–Crippen MR) is 123 cm³/mol. The molecule has 1 aliphatic rings. The first-order valence-electron chi connectivity index (χ1n) is 11.2. The van der Waals surface area contributed by atoms with Crippen LogP contribution in [0.25, 0.3) is 16.4 Å². The number of rotatable bonds is 5. The molecule has 5 rings (SSSR count). The number of carbonyl (C=O) groups is 1. The number of imidazole rings is 1. The Labute approximate surface area is 187 Å². The van der Waals surface area contributed by atoms with Crippen LogP contribution in [0.2, 0.25) is 0 Å². The number of nitrogens with zero attached hydrogens (tertiary/aromatic N) is 2. The lowest BCUT2D eigenvalue weighted by Crippen LogP contribution is -2.40. The molecule has 2 N–H and O–H groups in total. The average Bonchev–Trinajstić information content (AvgIpc) is 3.15. The Kier molecular flexibility index (Phi) is 5.43. The maximum Gasteiger partial charge on any atom is 0.337 e. The Morgan fingerprint density at radius 2 is 1.84 bits per heavy atom. The number of carbonyl (C=O) groups excluding carboxylic acids is 1. The highest BCUT2D eigenvalue weighted by Gasteiger charge is 2.36. The van der Waals surface area contributed by atoms with Gasteiger partial charge in [0.1, 0.15) is 11.8 Å². The van der Waals surface area contributed by atoms with E-state index in [0.29, 0.717) is 6.54 Å². The molecule has 6 heteroatoms. The Hall–Kier alpha value is -3.54.